The van der Waals surface area contributed by atoms with E-state index in [1.54, 1.807) is 0 Å². The van der Waals surface area contributed by atoms with Crippen molar-refractivity contribution in [3.8, 4) is 0 Å². The molecule has 0 unspecified atom stereocenters. The van der Waals surface area contributed by atoms with Crippen LogP contribution in [0.3, 0.4) is 0 Å². The van der Waals surface area contributed by atoms with Crippen LogP contribution < -0.4 is 5.73 Å². The van der Waals surface area contributed by atoms with E-state index in [-0.39, 0.29) is 12.4 Å². The molecule has 66 valence electrons. The Bertz CT molecular complexity index is 137. The summed E-state index contributed by atoms with van der Waals surface area (Å²) in [6.45, 7) is 2.01. The van der Waals surface area contributed by atoms with E-state index in [4.69, 9.17) is 10.8 Å². The summed E-state index contributed by atoms with van der Waals surface area (Å²) < 4.78 is 0. The van der Waals surface area contributed by atoms with E-state index in [1.807, 2.05) is 0 Å². The predicted molar refractivity (Wildman–Crippen MR) is 44.0 cm³/mol. The minimum absolute atomic E-state index is 0. The van der Waals surface area contributed by atoms with Gasteiger partial charge in [-0.1, -0.05) is 0 Å². The number of hydrogen-bond donors (Lipinski definition) is 2. The third-order valence-corrected chi connectivity index (χ3v) is 1.80. The molecule has 0 saturated carbocycles. The zero-order valence-electron chi connectivity index (χ0n) is 6.19. The van der Waals surface area contributed by atoms with Crippen molar-refractivity contribution in [2.75, 3.05) is 19.6 Å². The maximum atomic E-state index is 10.2. The molecule has 0 bridgehead atoms. The number of carbonyl (C=O) groups is 1. The van der Waals surface area contributed by atoms with E-state index in [0.29, 0.717) is 25.6 Å². The molecule has 0 atom stereocenters. The van der Waals surface area contributed by atoms with Gasteiger partial charge in [0.05, 0.1) is 0 Å². The zero-order chi connectivity index (χ0) is 7.56. The van der Waals surface area contributed by atoms with Gasteiger partial charge < -0.3 is 15.7 Å². The lowest BCUT2D eigenvalue weighted by atomic mass is 9.97. The molecule has 0 aromatic rings. The topological polar surface area (TPSA) is 66.6 Å². The summed E-state index contributed by atoms with van der Waals surface area (Å²) in [4.78, 5) is 11.6. The van der Waals surface area contributed by atoms with Gasteiger partial charge in [-0.15, -0.1) is 12.4 Å². The zero-order valence-corrected chi connectivity index (χ0v) is 7.01. The molecule has 1 rings (SSSR count). The molecule has 1 aliphatic rings. The minimum Gasteiger partial charge on any atom is -0.465 e. The van der Waals surface area contributed by atoms with E-state index in [2.05, 4.69) is 0 Å². The molecule has 1 heterocycles. The lowest BCUT2D eigenvalue weighted by molar-refractivity contribution is 0.0794. The molecular formula is C6H13ClN2O2. The molecule has 0 radical (unpaired) electrons. The first kappa shape index (κ1) is 10.5. The van der Waals surface area contributed by atoms with Crippen molar-refractivity contribution >= 4 is 18.5 Å². The lowest BCUT2D eigenvalue weighted by Gasteiger charge is -2.36. The Morgan fingerprint density at radius 1 is 1.64 bits per heavy atom. The molecule has 5 heteroatoms. The predicted octanol–water partition coefficient (Wildman–Crippen LogP) is 0.367. The second-order valence-corrected chi connectivity index (χ2v) is 2.63. The lowest BCUT2D eigenvalue weighted by Crippen LogP contribution is -2.49. The standard InChI is InChI=1S/C6H12N2O2.ClH/c7-2-1-5-3-8(4-5)6(9)10;/h5H,1-4,7H2,(H,9,10);1H. The largest absolute Gasteiger partial charge is 0.465 e. The van der Waals surface area contributed by atoms with Crippen LogP contribution in [0.2, 0.25) is 0 Å². The van der Waals surface area contributed by atoms with Crippen molar-refractivity contribution in [3.05, 3.63) is 0 Å². The van der Waals surface area contributed by atoms with Crippen LogP contribution in [-0.2, 0) is 0 Å². The van der Waals surface area contributed by atoms with Crippen LogP contribution >= 0.6 is 12.4 Å². The molecule has 4 nitrogen and oxygen atoms in total. The molecule has 1 aliphatic heterocycles. The molecule has 0 aromatic heterocycles. The van der Waals surface area contributed by atoms with Gasteiger partial charge >= 0.3 is 6.09 Å². The van der Waals surface area contributed by atoms with Crippen molar-refractivity contribution in [1.29, 1.82) is 0 Å². The van der Waals surface area contributed by atoms with Gasteiger partial charge in [0.25, 0.3) is 0 Å². The van der Waals surface area contributed by atoms with Crippen molar-refractivity contribution < 1.29 is 9.90 Å². The van der Waals surface area contributed by atoms with Crippen molar-refractivity contribution in [2.45, 2.75) is 6.42 Å². The third-order valence-electron chi connectivity index (χ3n) is 1.80. The number of carboxylic acid groups (broad SMARTS) is 1. The number of rotatable bonds is 2. The maximum absolute atomic E-state index is 10.2. The fourth-order valence-corrected chi connectivity index (χ4v) is 1.14. The van der Waals surface area contributed by atoms with Crippen LogP contribution in [0.4, 0.5) is 4.79 Å². The summed E-state index contributed by atoms with van der Waals surface area (Å²) in [6.07, 6.45) is 0.136. The third kappa shape index (κ3) is 2.55. The van der Waals surface area contributed by atoms with Gasteiger partial charge in [0.2, 0.25) is 0 Å². The number of nitrogens with two attached hydrogens (primary N) is 1. The van der Waals surface area contributed by atoms with Crippen LogP contribution in [0.25, 0.3) is 0 Å². The van der Waals surface area contributed by atoms with E-state index < -0.39 is 6.09 Å². The summed E-state index contributed by atoms with van der Waals surface area (Å²) in [5.74, 6) is 0.515. The Morgan fingerprint density at radius 2 is 2.18 bits per heavy atom. The van der Waals surface area contributed by atoms with Gasteiger partial charge in [0.1, 0.15) is 0 Å². The van der Waals surface area contributed by atoms with E-state index >= 15 is 0 Å². The second-order valence-electron chi connectivity index (χ2n) is 2.63. The average Bonchev–Trinajstić information content (AvgIpc) is 1.76. The molecule has 11 heavy (non-hydrogen) atoms. The Morgan fingerprint density at radius 3 is 2.55 bits per heavy atom. The molecular weight excluding hydrogens is 168 g/mol. The first-order valence-corrected chi connectivity index (χ1v) is 3.42. The highest BCUT2D eigenvalue weighted by Crippen LogP contribution is 2.17. The maximum Gasteiger partial charge on any atom is 0.407 e. The van der Waals surface area contributed by atoms with Gasteiger partial charge in [-0.25, -0.2) is 4.79 Å². The highest BCUT2D eigenvalue weighted by molar-refractivity contribution is 5.85. The van der Waals surface area contributed by atoms with Crippen LogP contribution in [-0.4, -0.2) is 35.7 Å². The quantitative estimate of drug-likeness (QED) is 0.645. The van der Waals surface area contributed by atoms with Crippen LogP contribution in [0, 0.1) is 5.92 Å². The summed E-state index contributed by atoms with van der Waals surface area (Å²) in [7, 11) is 0. The number of amides is 1. The number of likely N-dealkylation sites (tertiary alicyclic amines) is 1. The summed E-state index contributed by atoms with van der Waals surface area (Å²) in [6, 6.07) is 0. The van der Waals surface area contributed by atoms with Crippen LogP contribution in [0.1, 0.15) is 6.42 Å². The highest BCUT2D eigenvalue weighted by atomic mass is 35.5. The normalized spacial score (nSPS) is 17.0. The van der Waals surface area contributed by atoms with E-state index in [1.165, 1.54) is 4.90 Å². The van der Waals surface area contributed by atoms with Crippen molar-refractivity contribution in [2.24, 2.45) is 11.7 Å². The molecule has 0 spiro atoms. The van der Waals surface area contributed by atoms with Crippen LogP contribution in [0.5, 0.6) is 0 Å². The monoisotopic (exact) mass is 180 g/mol. The molecule has 0 aliphatic carbocycles. The number of nitrogens with zero attached hydrogens (tertiary/aromatic N) is 1. The van der Waals surface area contributed by atoms with Gasteiger partial charge in [-0.2, -0.15) is 0 Å². The fourth-order valence-electron chi connectivity index (χ4n) is 1.14. The minimum atomic E-state index is -0.812. The molecule has 1 fully saturated rings. The summed E-state index contributed by atoms with van der Waals surface area (Å²) in [5.41, 5.74) is 5.29. The Labute approximate surface area is 71.8 Å². The molecule has 1 amide bonds. The first-order valence-electron chi connectivity index (χ1n) is 3.42. The summed E-state index contributed by atoms with van der Waals surface area (Å²) in [5, 5.41) is 8.41. The Balaban J connectivity index is 0.000001000. The van der Waals surface area contributed by atoms with Gasteiger partial charge in [0.15, 0.2) is 0 Å². The molecule has 0 aromatic carbocycles. The highest BCUT2D eigenvalue weighted by Gasteiger charge is 2.29. The summed E-state index contributed by atoms with van der Waals surface area (Å²) >= 11 is 0. The molecule has 3 N–H and O–H groups in total. The average molecular weight is 181 g/mol. The number of hydrogen-bond acceptors (Lipinski definition) is 2. The number of halogens is 1. The van der Waals surface area contributed by atoms with Gasteiger partial charge in [0, 0.05) is 13.1 Å². The van der Waals surface area contributed by atoms with Crippen LogP contribution in [0.15, 0.2) is 0 Å². The van der Waals surface area contributed by atoms with Crippen molar-refractivity contribution in [3.63, 3.8) is 0 Å². The Hall–Kier alpha value is -0.480. The Kier molecular flexibility index (Phi) is 4.22. The van der Waals surface area contributed by atoms with Crippen molar-refractivity contribution in [1.82, 2.24) is 4.90 Å². The first-order chi connectivity index (χ1) is 4.74. The van der Waals surface area contributed by atoms with Gasteiger partial charge in [-0.3, -0.25) is 0 Å². The van der Waals surface area contributed by atoms with E-state index in [9.17, 15) is 4.79 Å². The molecule has 1 saturated heterocycles. The van der Waals surface area contributed by atoms with Gasteiger partial charge in [-0.05, 0) is 18.9 Å². The SMILES string of the molecule is Cl.NCCC1CN(C(=O)O)C1. The van der Waals surface area contributed by atoms with E-state index in [0.717, 1.165) is 6.42 Å². The second kappa shape index (κ2) is 4.41. The fraction of sp³-hybridized carbons (Fsp3) is 0.833. The smallest absolute Gasteiger partial charge is 0.407 e.